The summed E-state index contributed by atoms with van der Waals surface area (Å²) in [4.78, 5) is 11.7. The third kappa shape index (κ3) is 5.47. The zero-order valence-corrected chi connectivity index (χ0v) is 10.4. The van der Waals surface area contributed by atoms with E-state index in [1.807, 2.05) is 0 Å². The number of carbonyl (C=O) groups excluding carboxylic acids is 1. The molecule has 1 aliphatic rings. The molecule has 0 aromatic rings. The van der Waals surface area contributed by atoms with Crippen LogP contribution in [0.3, 0.4) is 0 Å². The molecule has 0 saturated carbocycles. The smallest absolute Gasteiger partial charge is 0.237 e. The first-order chi connectivity index (χ1) is 7.70. The van der Waals surface area contributed by atoms with Crippen molar-refractivity contribution in [2.24, 2.45) is 5.92 Å². The predicted molar refractivity (Wildman–Crippen MR) is 64.3 cm³/mol. The maximum Gasteiger partial charge on any atom is 0.237 e. The molecular formula is C12H24N2O2. The molecule has 1 atom stereocenters. The molecular weight excluding hydrogens is 204 g/mol. The van der Waals surface area contributed by atoms with Gasteiger partial charge in [-0.1, -0.05) is 20.3 Å². The van der Waals surface area contributed by atoms with Crippen molar-refractivity contribution in [1.82, 2.24) is 10.6 Å². The van der Waals surface area contributed by atoms with E-state index in [9.17, 15) is 4.79 Å². The minimum atomic E-state index is 0.0128. The molecule has 1 fully saturated rings. The molecule has 4 nitrogen and oxygen atoms in total. The van der Waals surface area contributed by atoms with E-state index >= 15 is 0 Å². The minimum absolute atomic E-state index is 0.0128. The van der Waals surface area contributed by atoms with Crippen LogP contribution in [0.25, 0.3) is 0 Å². The molecule has 1 heterocycles. The van der Waals surface area contributed by atoms with Crippen molar-refractivity contribution in [3.05, 3.63) is 0 Å². The monoisotopic (exact) mass is 228 g/mol. The van der Waals surface area contributed by atoms with Crippen LogP contribution in [0, 0.1) is 5.92 Å². The van der Waals surface area contributed by atoms with E-state index in [1.165, 1.54) is 6.42 Å². The summed E-state index contributed by atoms with van der Waals surface area (Å²) in [6.45, 7) is 7.18. The van der Waals surface area contributed by atoms with E-state index in [0.717, 1.165) is 26.0 Å². The van der Waals surface area contributed by atoms with Crippen LogP contribution in [-0.2, 0) is 9.53 Å². The van der Waals surface area contributed by atoms with Crippen LogP contribution in [0.2, 0.25) is 0 Å². The van der Waals surface area contributed by atoms with Crippen LogP contribution in [0.4, 0.5) is 0 Å². The fourth-order valence-corrected chi connectivity index (χ4v) is 1.76. The number of nitrogens with one attached hydrogen (secondary N) is 2. The van der Waals surface area contributed by atoms with Gasteiger partial charge in [-0.05, 0) is 25.3 Å². The molecule has 1 saturated heterocycles. The van der Waals surface area contributed by atoms with Crippen molar-refractivity contribution in [3.63, 3.8) is 0 Å². The van der Waals surface area contributed by atoms with E-state index in [2.05, 4.69) is 24.5 Å². The lowest BCUT2D eigenvalue weighted by molar-refractivity contribution is -0.123. The van der Waals surface area contributed by atoms with Crippen LogP contribution in [0.15, 0.2) is 0 Å². The summed E-state index contributed by atoms with van der Waals surface area (Å²) in [6, 6.07) is 0.0128. The first-order valence-electron chi connectivity index (χ1n) is 6.29. The molecule has 0 aromatic heterocycles. The van der Waals surface area contributed by atoms with E-state index in [4.69, 9.17) is 4.74 Å². The quantitative estimate of drug-likeness (QED) is 0.665. The number of amides is 1. The highest BCUT2D eigenvalue weighted by molar-refractivity contribution is 5.81. The standard InChI is InChI=1S/C12H24N2O2/c1-10(2)9-16-8-7-14-12(15)11-5-3-4-6-13-11/h10-11,13H,3-9H2,1-2H3,(H,14,15)/t11-/m0/s1. The Morgan fingerprint density at radius 2 is 2.31 bits per heavy atom. The second-order valence-corrected chi connectivity index (χ2v) is 4.76. The van der Waals surface area contributed by atoms with Gasteiger partial charge in [0, 0.05) is 13.2 Å². The van der Waals surface area contributed by atoms with Crippen LogP contribution < -0.4 is 10.6 Å². The highest BCUT2D eigenvalue weighted by atomic mass is 16.5. The third-order valence-electron chi connectivity index (χ3n) is 2.62. The number of ether oxygens (including phenoxy) is 1. The van der Waals surface area contributed by atoms with Crippen LogP contribution in [0.1, 0.15) is 33.1 Å². The normalized spacial score (nSPS) is 21.1. The van der Waals surface area contributed by atoms with Gasteiger partial charge in [-0.15, -0.1) is 0 Å². The number of piperidine rings is 1. The van der Waals surface area contributed by atoms with Crippen LogP contribution >= 0.6 is 0 Å². The average molecular weight is 228 g/mol. The van der Waals surface area contributed by atoms with Crippen molar-refractivity contribution >= 4 is 5.91 Å². The fourth-order valence-electron chi connectivity index (χ4n) is 1.76. The SMILES string of the molecule is CC(C)COCCNC(=O)[C@@H]1CCCCN1. The molecule has 0 bridgehead atoms. The first kappa shape index (κ1) is 13.5. The molecule has 94 valence electrons. The van der Waals surface area contributed by atoms with E-state index < -0.39 is 0 Å². The van der Waals surface area contributed by atoms with Crippen LogP contribution in [-0.4, -0.2) is 38.3 Å². The Hall–Kier alpha value is -0.610. The van der Waals surface area contributed by atoms with Gasteiger partial charge < -0.3 is 15.4 Å². The lowest BCUT2D eigenvalue weighted by Gasteiger charge is -2.22. The zero-order valence-electron chi connectivity index (χ0n) is 10.4. The molecule has 0 radical (unpaired) electrons. The second-order valence-electron chi connectivity index (χ2n) is 4.76. The van der Waals surface area contributed by atoms with Gasteiger partial charge in [0.1, 0.15) is 0 Å². The number of rotatable bonds is 6. The summed E-state index contributed by atoms with van der Waals surface area (Å²) in [7, 11) is 0. The molecule has 1 amide bonds. The molecule has 0 aromatic carbocycles. The highest BCUT2D eigenvalue weighted by Gasteiger charge is 2.19. The molecule has 16 heavy (non-hydrogen) atoms. The molecule has 0 spiro atoms. The third-order valence-corrected chi connectivity index (χ3v) is 2.62. The van der Waals surface area contributed by atoms with Crippen molar-refractivity contribution in [2.45, 2.75) is 39.2 Å². The van der Waals surface area contributed by atoms with Gasteiger partial charge in [-0.25, -0.2) is 0 Å². The highest BCUT2D eigenvalue weighted by Crippen LogP contribution is 2.06. The molecule has 0 aliphatic carbocycles. The van der Waals surface area contributed by atoms with Gasteiger partial charge in [0.05, 0.1) is 12.6 Å². The van der Waals surface area contributed by atoms with E-state index in [1.54, 1.807) is 0 Å². The van der Waals surface area contributed by atoms with Gasteiger partial charge in [0.25, 0.3) is 0 Å². The van der Waals surface area contributed by atoms with Crippen molar-refractivity contribution in [2.75, 3.05) is 26.3 Å². The second kappa shape index (κ2) is 7.63. The van der Waals surface area contributed by atoms with E-state index in [-0.39, 0.29) is 11.9 Å². The lowest BCUT2D eigenvalue weighted by atomic mass is 10.0. The van der Waals surface area contributed by atoms with Crippen LogP contribution in [0.5, 0.6) is 0 Å². The first-order valence-corrected chi connectivity index (χ1v) is 6.29. The predicted octanol–water partition coefficient (Wildman–Crippen LogP) is 0.917. The summed E-state index contributed by atoms with van der Waals surface area (Å²) in [5.41, 5.74) is 0. The summed E-state index contributed by atoms with van der Waals surface area (Å²) in [6.07, 6.45) is 3.29. The van der Waals surface area contributed by atoms with Gasteiger partial charge in [-0.3, -0.25) is 4.79 Å². The summed E-state index contributed by atoms with van der Waals surface area (Å²) in [5, 5.41) is 6.12. The Morgan fingerprint density at radius 1 is 1.50 bits per heavy atom. The van der Waals surface area contributed by atoms with Crippen molar-refractivity contribution < 1.29 is 9.53 Å². The Kier molecular flexibility index (Phi) is 6.42. The Labute approximate surface area is 98.1 Å². The maximum atomic E-state index is 11.7. The Bertz CT molecular complexity index is 201. The summed E-state index contributed by atoms with van der Waals surface area (Å²) >= 11 is 0. The Balaban J connectivity index is 2.01. The van der Waals surface area contributed by atoms with Crippen molar-refractivity contribution in [3.8, 4) is 0 Å². The van der Waals surface area contributed by atoms with Crippen molar-refractivity contribution in [1.29, 1.82) is 0 Å². The van der Waals surface area contributed by atoms with Gasteiger partial charge in [0.15, 0.2) is 0 Å². The molecule has 4 heteroatoms. The minimum Gasteiger partial charge on any atom is -0.379 e. The van der Waals surface area contributed by atoms with E-state index in [0.29, 0.717) is 19.1 Å². The topological polar surface area (TPSA) is 50.4 Å². The maximum absolute atomic E-state index is 11.7. The number of carbonyl (C=O) groups is 1. The Morgan fingerprint density at radius 3 is 2.94 bits per heavy atom. The lowest BCUT2D eigenvalue weighted by Crippen LogP contribution is -2.47. The zero-order chi connectivity index (χ0) is 11.8. The summed E-state index contributed by atoms with van der Waals surface area (Å²) < 4.78 is 5.40. The molecule has 1 aliphatic heterocycles. The fraction of sp³-hybridized carbons (Fsp3) is 0.917. The molecule has 0 unspecified atom stereocenters. The average Bonchev–Trinajstić information content (AvgIpc) is 2.29. The van der Waals surface area contributed by atoms with Gasteiger partial charge in [0.2, 0.25) is 5.91 Å². The molecule has 2 N–H and O–H groups in total. The largest absolute Gasteiger partial charge is 0.379 e. The number of hydrogen-bond donors (Lipinski definition) is 2. The summed E-state index contributed by atoms with van der Waals surface area (Å²) in [5.74, 6) is 0.670. The number of hydrogen-bond acceptors (Lipinski definition) is 3. The van der Waals surface area contributed by atoms with Gasteiger partial charge >= 0.3 is 0 Å². The molecule has 1 rings (SSSR count). The van der Waals surface area contributed by atoms with Gasteiger partial charge in [-0.2, -0.15) is 0 Å².